The Hall–Kier alpha value is -3.38. The minimum atomic E-state index is -0.356. The average Bonchev–Trinajstić information content (AvgIpc) is 3.19. The van der Waals surface area contributed by atoms with E-state index in [-0.39, 0.29) is 46.2 Å². The Morgan fingerprint density at radius 3 is 2.48 bits per heavy atom. The van der Waals surface area contributed by atoms with Gasteiger partial charge in [-0.3, -0.25) is 0 Å². The predicted molar refractivity (Wildman–Crippen MR) is 127 cm³/mol. The third kappa shape index (κ3) is 3.45. The molecule has 3 aromatic carbocycles. The van der Waals surface area contributed by atoms with Gasteiger partial charge in [0.05, 0.1) is 5.39 Å². The van der Waals surface area contributed by atoms with Gasteiger partial charge in [-0.25, -0.2) is 0 Å². The highest BCUT2D eigenvalue weighted by Gasteiger charge is 2.44. The molecule has 0 radical (unpaired) electrons. The fourth-order valence-electron chi connectivity index (χ4n) is 6.00. The Morgan fingerprint density at radius 1 is 0.909 bits per heavy atom. The van der Waals surface area contributed by atoms with Crippen LogP contribution in [-0.2, 0) is 5.41 Å². The first-order valence-corrected chi connectivity index (χ1v) is 11.4. The molecule has 6 N–H and O–H groups in total. The van der Waals surface area contributed by atoms with Crippen LogP contribution in [0.5, 0.6) is 28.7 Å². The maximum atomic E-state index is 10.4. The lowest BCUT2D eigenvalue weighted by Gasteiger charge is -2.37. The third-order valence-corrected chi connectivity index (χ3v) is 7.50. The van der Waals surface area contributed by atoms with Crippen LogP contribution in [0.2, 0.25) is 0 Å². The van der Waals surface area contributed by atoms with Gasteiger partial charge in [-0.15, -0.1) is 0 Å². The topological polar surface area (TPSA) is 121 Å². The van der Waals surface area contributed by atoms with E-state index in [0.717, 1.165) is 48.8 Å². The van der Waals surface area contributed by atoms with E-state index in [1.165, 1.54) is 12.1 Å². The van der Waals surface area contributed by atoms with Crippen molar-refractivity contribution in [3.8, 4) is 28.7 Å². The number of aliphatic hydroxyl groups excluding tert-OH is 1. The number of benzene rings is 3. The molecule has 2 aliphatic carbocycles. The molecular formula is C27H28O6. The fraction of sp³-hybridized carbons (Fsp3) is 0.333. The molecular weight excluding hydrogens is 420 g/mol. The molecule has 0 bridgehead atoms. The van der Waals surface area contributed by atoms with Crippen LogP contribution in [0.1, 0.15) is 55.2 Å². The number of phenols is 5. The number of hydrogen-bond donors (Lipinski definition) is 6. The number of rotatable bonds is 4. The molecule has 0 amide bonds. The van der Waals surface area contributed by atoms with Crippen LogP contribution in [0.25, 0.3) is 22.4 Å². The molecule has 1 saturated carbocycles. The molecule has 2 atom stereocenters. The minimum Gasteiger partial charge on any atom is -0.507 e. The van der Waals surface area contributed by atoms with E-state index in [4.69, 9.17) is 0 Å². The highest BCUT2D eigenvalue weighted by molar-refractivity contribution is 6.05. The van der Waals surface area contributed by atoms with E-state index in [9.17, 15) is 30.6 Å². The second-order valence-corrected chi connectivity index (χ2v) is 9.52. The van der Waals surface area contributed by atoms with Crippen molar-refractivity contribution in [1.82, 2.24) is 0 Å². The molecule has 5 rings (SSSR count). The SMILES string of the molecule is OCCC[C@H]1CC[C@]2(CC(c3cc(O)c(O)c4c(O)cccc34)=Cc3cc(O)c(O)cc32)C1. The molecule has 0 unspecified atom stereocenters. The zero-order valence-electron chi connectivity index (χ0n) is 18.3. The van der Waals surface area contributed by atoms with E-state index >= 15 is 0 Å². The van der Waals surface area contributed by atoms with Crippen molar-refractivity contribution in [2.75, 3.05) is 6.61 Å². The summed E-state index contributed by atoms with van der Waals surface area (Å²) in [6.45, 7) is 0.169. The van der Waals surface area contributed by atoms with Crippen LogP contribution in [0.4, 0.5) is 0 Å². The van der Waals surface area contributed by atoms with Gasteiger partial charge in [0.15, 0.2) is 23.0 Å². The zero-order chi connectivity index (χ0) is 23.3. The van der Waals surface area contributed by atoms with Crippen LogP contribution in [0.3, 0.4) is 0 Å². The zero-order valence-corrected chi connectivity index (χ0v) is 18.3. The molecule has 3 aromatic rings. The molecule has 0 saturated heterocycles. The number of allylic oxidation sites excluding steroid dienone is 1. The average molecular weight is 449 g/mol. The van der Waals surface area contributed by atoms with Crippen molar-refractivity contribution >= 4 is 22.4 Å². The van der Waals surface area contributed by atoms with E-state index in [2.05, 4.69) is 0 Å². The summed E-state index contributed by atoms with van der Waals surface area (Å²) < 4.78 is 0. The number of fused-ring (bicyclic) bond motifs is 3. The van der Waals surface area contributed by atoms with Crippen LogP contribution < -0.4 is 0 Å². The molecule has 6 heteroatoms. The van der Waals surface area contributed by atoms with Crippen molar-refractivity contribution in [2.45, 2.75) is 43.9 Å². The highest BCUT2D eigenvalue weighted by Crippen LogP contribution is 2.56. The summed E-state index contributed by atoms with van der Waals surface area (Å²) in [5.41, 5.74) is 3.22. The Kier molecular flexibility index (Phi) is 5.13. The molecule has 33 heavy (non-hydrogen) atoms. The Balaban J connectivity index is 1.69. The maximum absolute atomic E-state index is 10.4. The fourth-order valence-corrected chi connectivity index (χ4v) is 6.00. The van der Waals surface area contributed by atoms with Gasteiger partial charge in [0, 0.05) is 12.0 Å². The Bertz CT molecular complexity index is 1280. The Morgan fingerprint density at radius 2 is 1.70 bits per heavy atom. The van der Waals surface area contributed by atoms with E-state index in [0.29, 0.717) is 23.3 Å². The summed E-state index contributed by atoms with van der Waals surface area (Å²) in [5.74, 6) is -0.643. The van der Waals surface area contributed by atoms with Crippen LogP contribution in [-0.4, -0.2) is 37.2 Å². The molecule has 172 valence electrons. The predicted octanol–water partition coefficient (Wildman–Crippen LogP) is 5.12. The van der Waals surface area contributed by atoms with Gasteiger partial charge >= 0.3 is 0 Å². The first kappa shape index (κ1) is 21.5. The lowest BCUT2D eigenvalue weighted by atomic mass is 9.67. The molecule has 2 aliphatic rings. The van der Waals surface area contributed by atoms with Crippen molar-refractivity contribution in [1.29, 1.82) is 0 Å². The second-order valence-electron chi connectivity index (χ2n) is 9.52. The second kappa shape index (κ2) is 7.89. The van der Waals surface area contributed by atoms with E-state index < -0.39 is 0 Å². The van der Waals surface area contributed by atoms with E-state index in [1.54, 1.807) is 24.3 Å². The quantitative estimate of drug-likeness (QED) is 0.308. The maximum Gasteiger partial charge on any atom is 0.169 e. The largest absolute Gasteiger partial charge is 0.507 e. The van der Waals surface area contributed by atoms with Crippen molar-refractivity contribution in [2.24, 2.45) is 5.92 Å². The first-order valence-electron chi connectivity index (χ1n) is 11.4. The monoisotopic (exact) mass is 448 g/mol. The lowest BCUT2D eigenvalue weighted by molar-refractivity contribution is 0.269. The van der Waals surface area contributed by atoms with Gasteiger partial charge in [-0.2, -0.15) is 0 Å². The van der Waals surface area contributed by atoms with Gasteiger partial charge in [0.25, 0.3) is 0 Å². The number of hydrogen-bond acceptors (Lipinski definition) is 6. The summed E-state index contributed by atoms with van der Waals surface area (Å²) >= 11 is 0. The summed E-state index contributed by atoms with van der Waals surface area (Å²) in [6.07, 6.45) is 7.13. The van der Waals surface area contributed by atoms with Crippen LogP contribution >= 0.6 is 0 Å². The van der Waals surface area contributed by atoms with Crippen LogP contribution in [0, 0.1) is 5.92 Å². The summed E-state index contributed by atoms with van der Waals surface area (Å²) in [5, 5.41) is 61.8. The standard InChI is InChI=1S/C27H28O6/c28-8-2-3-15-6-7-27(13-15)14-17(9-16-10-22(30)23(31)12-20(16)27)19-11-24(32)26(33)25-18(19)4-1-5-21(25)29/h1,4-5,9-12,15,28-33H,2-3,6-8,13-14H2/t15-,27+/m0/s1. The lowest BCUT2D eigenvalue weighted by Crippen LogP contribution is -2.27. The first-order chi connectivity index (χ1) is 15.8. The van der Waals surface area contributed by atoms with E-state index in [1.807, 2.05) is 6.08 Å². The van der Waals surface area contributed by atoms with Gasteiger partial charge in [0.1, 0.15) is 5.75 Å². The normalized spacial score (nSPS) is 22.0. The van der Waals surface area contributed by atoms with Crippen molar-refractivity contribution in [3.63, 3.8) is 0 Å². The van der Waals surface area contributed by atoms with Gasteiger partial charge in [0.2, 0.25) is 0 Å². The molecule has 6 nitrogen and oxygen atoms in total. The molecule has 0 aliphatic heterocycles. The summed E-state index contributed by atoms with van der Waals surface area (Å²) in [7, 11) is 0. The van der Waals surface area contributed by atoms with Crippen molar-refractivity contribution < 1.29 is 30.6 Å². The van der Waals surface area contributed by atoms with Gasteiger partial charge in [-0.05, 0) is 96.4 Å². The summed E-state index contributed by atoms with van der Waals surface area (Å²) in [4.78, 5) is 0. The summed E-state index contributed by atoms with van der Waals surface area (Å²) in [6, 6.07) is 9.76. The minimum absolute atomic E-state index is 0.110. The smallest absolute Gasteiger partial charge is 0.169 e. The number of aliphatic hydroxyl groups is 1. The third-order valence-electron chi connectivity index (χ3n) is 7.50. The highest BCUT2D eigenvalue weighted by atomic mass is 16.3. The number of phenolic OH excluding ortho intramolecular Hbond substituents is 5. The number of aromatic hydroxyl groups is 5. The molecule has 1 fully saturated rings. The van der Waals surface area contributed by atoms with Gasteiger partial charge < -0.3 is 30.6 Å². The van der Waals surface area contributed by atoms with Gasteiger partial charge in [-0.1, -0.05) is 18.2 Å². The molecule has 0 aromatic heterocycles. The molecule has 0 heterocycles. The van der Waals surface area contributed by atoms with Crippen LogP contribution in [0.15, 0.2) is 36.4 Å². The Labute approximate surface area is 191 Å². The molecule has 1 spiro atoms. The van der Waals surface area contributed by atoms with Crippen molar-refractivity contribution in [3.05, 3.63) is 53.1 Å².